The highest BCUT2D eigenvalue weighted by Gasteiger charge is 2.39. The normalized spacial score (nSPS) is 15.6. The van der Waals surface area contributed by atoms with Gasteiger partial charge in [-0.05, 0) is 31.5 Å². The summed E-state index contributed by atoms with van der Waals surface area (Å²) in [5, 5.41) is 0. The predicted molar refractivity (Wildman–Crippen MR) is 86.3 cm³/mol. The Morgan fingerprint density at radius 2 is 1.32 bits per heavy atom. The van der Waals surface area contributed by atoms with Crippen LogP contribution >= 0.6 is 0 Å². The lowest BCUT2D eigenvalue weighted by atomic mass is 9.80. The van der Waals surface area contributed by atoms with E-state index in [-0.39, 0.29) is 16.7 Å². The van der Waals surface area contributed by atoms with Crippen LogP contribution in [0.25, 0.3) is 0 Å². The van der Waals surface area contributed by atoms with Gasteiger partial charge in [-0.15, -0.1) is 0 Å². The molecule has 0 saturated heterocycles. The third kappa shape index (κ3) is 3.26. The summed E-state index contributed by atoms with van der Waals surface area (Å²) in [5.74, 6) is -3.99. The maximum Gasteiger partial charge on any atom is 0.336 e. The second-order valence-corrected chi connectivity index (χ2v) is 5.68. The molecule has 7 heteroatoms. The number of allylic oxidation sites excluding steroid dienone is 2. The minimum atomic E-state index is -0.999. The molecule has 0 aliphatic carbocycles. The summed E-state index contributed by atoms with van der Waals surface area (Å²) in [4.78, 5) is 26.4. The van der Waals surface area contributed by atoms with Gasteiger partial charge in [0.1, 0.15) is 11.6 Å². The quantitative estimate of drug-likeness (QED) is 0.784. The first kappa shape index (κ1) is 18.6. The number of nitrogens with zero attached hydrogens (tertiary/aromatic N) is 1. The van der Waals surface area contributed by atoms with Crippen molar-refractivity contribution >= 4 is 11.9 Å². The second-order valence-electron chi connectivity index (χ2n) is 5.68. The molecule has 2 rings (SSSR count). The van der Waals surface area contributed by atoms with Gasteiger partial charge < -0.3 is 14.4 Å². The Bertz CT molecular complexity index is 738. The Morgan fingerprint density at radius 1 is 0.920 bits per heavy atom. The zero-order valence-corrected chi connectivity index (χ0v) is 14.6. The van der Waals surface area contributed by atoms with Crippen molar-refractivity contribution in [3.05, 3.63) is 57.9 Å². The topological polar surface area (TPSA) is 55.8 Å². The van der Waals surface area contributed by atoms with E-state index < -0.39 is 29.5 Å². The van der Waals surface area contributed by atoms with Crippen LogP contribution in [0.3, 0.4) is 0 Å². The average molecular weight is 351 g/mol. The molecule has 0 atom stereocenters. The van der Waals surface area contributed by atoms with Crippen molar-refractivity contribution in [3.8, 4) is 0 Å². The van der Waals surface area contributed by atoms with E-state index in [1.54, 1.807) is 25.8 Å². The number of ether oxygens (including phenoxy) is 2. The molecule has 1 aliphatic rings. The minimum Gasteiger partial charge on any atom is -0.466 e. The Morgan fingerprint density at radius 3 is 1.68 bits per heavy atom. The third-order valence-corrected chi connectivity index (χ3v) is 4.39. The highest BCUT2D eigenvalue weighted by molar-refractivity contribution is 5.99. The lowest BCUT2D eigenvalue weighted by Crippen LogP contribution is -2.33. The number of hydrogen-bond acceptors (Lipinski definition) is 5. The van der Waals surface area contributed by atoms with E-state index in [1.165, 1.54) is 14.2 Å². The molecule has 0 radical (unpaired) electrons. The molecule has 134 valence electrons. The predicted octanol–water partition coefficient (Wildman–Crippen LogP) is 2.89. The largest absolute Gasteiger partial charge is 0.466 e. The van der Waals surface area contributed by atoms with E-state index in [0.29, 0.717) is 11.4 Å². The van der Waals surface area contributed by atoms with Crippen molar-refractivity contribution in [2.75, 3.05) is 21.3 Å². The van der Waals surface area contributed by atoms with E-state index in [0.717, 1.165) is 18.2 Å². The molecule has 1 aromatic carbocycles. The summed E-state index contributed by atoms with van der Waals surface area (Å²) in [6, 6.07) is 2.90. The molecule has 1 aliphatic heterocycles. The van der Waals surface area contributed by atoms with Gasteiger partial charge in [-0.3, -0.25) is 0 Å². The van der Waals surface area contributed by atoms with E-state index in [4.69, 9.17) is 9.47 Å². The van der Waals surface area contributed by atoms with Crippen LogP contribution in [-0.4, -0.2) is 38.1 Å². The fourth-order valence-electron chi connectivity index (χ4n) is 3.00. The monoisotopic (exact) mass is 351 g/mol. The van der Waals surface area contributed by atoms with E-state index in [1.807, 2.05) is 0 Å². The summed E-state index contributed by atoms with van der Waals surface area (Å²) in [7, 11) is 4.09. The van der Waals surface area contributed by atoms with Crippen LogP contribution < -0.4 is 0 Å². The van der Waals surface area contributed by atoms with Gasteiger partial charge in [0.05, 0.1) is 31.3 Å². The SMILES string of the molecule is COC(=O)C1=C(C)N(C)C(C)=C(C(=O)OC)C1c1cc(F)cc(F)c1. The number of carbonyl (C=O) groups is 2. The zero-order chi connectivity index (χ0) is 18.9. The van der Waals surface area contributed by atoms with E-state index in [9.17, 15) is 18.4 Å². The van der Waals surface area contributed by atoms with Crippen molar-refractivity contribution in [3.63, 3.8) is 0 Å². The maximum absolute atomic E-state index is 13.8. The van der Waals surface area contributed by atoms with Crippen molar-refractivity contribution in [1.29, 1.82) is 0 Å². The molecule has 5 nitrogen and oxygen atoms in total. The van der Waals surface area contributed by atoms with Crippen molar-refractivity contribution in [2.45, 2.75) is 19.8 Å². The summed E-state index contributed by atoms with van der Waals surface area (Å²) < 4.78 is 37.2. The van der Waals surface area contributed by atoms with Gasteiger partial charge in [0.25, 0.3) is 0 Å². The summed E-state index contributed by atoms with van der Waals surface area (Å²) in [6.45, 7) is 3.35. The molecule has 0 saturated carbocycles. The van der Waals surface area contributed by atoms with Gasteiger partial charge in [0, 0.05) is 24.5 Å². The van der Waals surface area contributed by atoms with Gasteiger partial charge in [0.2, 0.25) is 0 Å². The lowest BCUT2D eigenvalue weighted by molar-refractivity contribution is -0.137. The Labute approximate surface area is 144 Å². The van der Waals surface area contributed by atoms with Gasteiger partial charge in [-0.1, -0.05) is 0 Å². The van der Waals surface area contributed by atoms with Gasteiger partial charge >= 0.3 is 11.9 Å². The minimum absolute atomic E-state index is 0.126. The molecule has 0 spiro atoms. The van der Waals surface area contributed by atoms with Crippen molar-refractivity contribution in [1.82, 2.24) is 4.90 Å². The molecule has 0 N–H and O–H groups in total. The second kappa shape index (κ2) is 7.04. The molecule has 1 heterocycles. The molecule has 0 aromatic heterocycles. The van der Waals surface area contributed by atoms with Crippen molar-refractivity contribution in [2.24, 2.45) is 0 Å². The Kier molecular flexibility index (Phi) is 5.25. The zero-order valence-electron chi connectivity index (χ0n) is 14.6. The van der Waals surface area contributed by atoms with Crippen LogP contribution in [0.4, 0.5) is 8.78 Å². The molecular formula is C18H19F2NO4. The molecule has 0 fully saturated rings. The summed E-state index contributed by atoms with van der Waals surface area (Å²) in [6.07, 6.45) is 0. The fourth-order valence-corrected chi connectivity index (χ4v) is 3.00. The smallest absolute Gasteiger partial charge is 0.336 e. The van der Waals surface area contributed by atoms with Crippen LogP contribution in [0.15, 0.2) is 40.7 Å². The first-order chi connectivity index (χ1) is 11.7. The number of benzene rings is 1. The van der Waals surface area contributed by atoms with Crippen LogP contribution in [0, 0.1) is 11.6 Å². The van der Waals surface area contributed by atoms with Gasteiger partial charge in [-0.25, -0.2) is 18.4 Å². The van der Waals surface area contributed by atoms with Crippen LogP contribution in [0.1, 0.15) is 25.3 Å². The Hall–Kier alpha value is -2.70. The van der Waals surface area contributed by atoms with Crippen LogP contribution in [0.5, 0.6) is 0 Å². The molecule has 0 unspecified atom stereocenters. The maximum atomic E-state index is 13.8. The number of esters is 2. The number of halogens is 2. The van der Waals surface area contributed by atoms with E-state index in [2.05, 4.69) is 0 Å². The number of methoxy groups -OCH3 is 2. The highest BCUT2D eigenvalue weighted by atomic mass is 19.1. The lowest BCUT2D eigenvalue weighted by Gasteiger charge is -2.35. The third-order valence-electron chi connectivity index (χ3n) is 4.39. The Balaban J connectivity index is 2.81. The van der Waals surface area contributed by atoms with Gasteiger partial charge in [0.15, 0.2) is 0 Å². The number of hydrogen-bond donors (Lipinski definition) is 0. The molecule has 0 amide bonds. The molecule has 0 bridgehead atoms. The van der Waals surface area contributed by atoms with Gasteiger partial charge in [-0.2, -0.15) is 0 Å². The first-order valence-electron chi connectivity index (χ1n) is 7.50. The van der Waals surface area contributed by atoms with E-state index >= 15 is 0 Å². The van der Waals surface area contributed by atoms with Crippen LogP contribution in [0.2, 0.25) is 0 Å². The fraction of sp³-hybridized carbons (Fsp3) is 0.333. The standard InChI is InChI=1S/C18H19F2NO4/c1-9-14(17(22)24-4)16(11-6-12(19)8-13(20)7-11)15(18(23)25-5)10(2)21(9)3/h6-8,16H,1-5H3. The van der Waals surface area contributed by atoms with Crippen molar-refractivity contribution < 1.29 is 27.8 Å². The molecule has 1 aromatic rings. The highest BCUT2D eigenvalue weighted by Crippen LogP contribution is 2.42. The summed E-state index contributed by atoms with van der Waals surface area (Å²) in [5.41, 5.74) is 1.42. The average Bonchev–Trinajstić information content (AvgIpc) is 2.57. The molecular weight excluding hydrogens is 332 g/mol. The summed E-state index contributed by atoms with van der Waals surface area (Å²) >= 11 is 0. The first-order valence-corrected chi connectivity index (χ1v) is 7.50. The van der Waals surface area contributed by atoms with Crippen LogP contribution in [-0.2, 0) is 19.1 Å². The number of carbonyl (C=O) groups excluding carboxylic acids is 2. The molecule has 25 heavy (non-hydrogen) atoms. The number of rotatable bonds is 3.